The first-order valence-electron chi connectivity index (χ1n) is 23.3. The first-order valence-corrected chi connectivity index (χ1v) is 29.2. The average molecular weight is 985 g/mol. The predicted molar refractivity (Wildman–Crippen MR) is 251 cm³/mol. The van der Waals surface area contributed by atoms with Crippen molar-refractivity contribution in [3.05, 3.63) is 131 Å². The fourth-order valence-corrected chi connectivity index (χ4v) is 13.3. The van der Waals surface area contributed by atoms with E-state index in [4.69, 9.17) is 0 Å². The molecule has 4 aliphatic rings. The molecule has 4 bridgehead atoms. The summed E-state index contributed by atoms with van der Waals surface area (Å²) >= 11 is 1.29. The van der Waals surface area contributed by atoms with Crippen LogP contribution in [-0.4, -0.2) is 11.6 Å². The summed E-state index contributed by atoms with van der Waals surface area (Å²) in [5.41, 5.74) is 12.1. The number of fused-ring (bicyclic) bond motifs is 6. The van der Waals surface area contributed by atoms with Crippen LogP contribution in [0.4, 0.5) is 13.2 Å². The minimum absolute atomic E-state index is 0. The molecule has 4 saturated carbocycles. The molecule has 0 aromatic heterocycles. The molecule has 0 atom stereocenters. The van der Waals surface area contributed by atoms with Crippen LogP contribution in [0.2, 0.25) is 12.6 Å². The topological polar surface area (TPSA) is 0 Å². The Bertz CT molecular complexity index is 2260. The number of hydrogen-bond donors (Lipinski definition) is 0. The summed E-state index contributed by atoms with van der Waals surface area (Å²) in [4.78, 5) is 0. The minimum atomic E-state index is -3.93. The Kier molecular flexibility index (Phi) is 16.7. The molecule has 0 amide bonds. The van der Waals surface area contributed by atoms with Gasteiger partial charge in [0.15, 0.2) is 0 Å². The molecule has 6 aromatic rings. The summed E-state index contributed by atoms with van der Waals surface area (Å²) in [7, 11) is 0. The molecule has 0 aliphatic heterocycles. The van der Waals surface area contributed by atoms with Gasteiger partial charge in [-0.2, -0.15) is 12.1 Å². The molecule has 334 valence electrons. The summed E-state index contributed by atoms with van der Waals surface area (Å²) in [6.45, 7) is 11.0. The van der Waals surface area contributed by atoms with E-state index in [-0.39, 0.29) is 24.8 Å². The van der Waals surface area contributed by atoms with E-state index in [0.29, 0.717) is 28.7 Å². The average Bonchev–Trinajstić information content (AvgIpc) is 4.11. The van der Waals surface area contributed by atoms with Crippen LogP contribution >= 0.6 is 0 Å². The van der Waals surface area contributed by atoms with Crippen molar-refractivity contribution in [1.29, 1.82) is 0 Å². The van der Waals surface area contributed by atoms with E-state index < -0.39 is 18.0 Å². The molecule has 6 aromatic carbocycles. The van der Waals surface area contributed by atoms with Gasteiger partial charge in [-0.3, -0.25) is 0 Å². The maximum Gasteiger partial charge on any atom is -1.00 e. The Morgan fingerprint density at radius 1 is 0.619 bits per heavy atom. The number of alkyl halides is 3. The van der Waals surface area contributed by atoms with Gasteiger partial charge in [0.05, 0.1) is 0 Å². The van der Waals surface area contributed by atoms with Crippen LogP contribution in [0.25, 0.3) is 43.8 Å². The van der Waals surface area contributed by atoms with Crippen molar-refractivity contribution < 1.29 is 61.3 Å². The Balaban J connectivity index is 0.000000172. The van der Waals surface area contributed by atoms with Crippen molar-refractivity contribution in [3.63, 3.8) is 0 Å². The van der Waals surface area contributed by atoms with Crippen LogP contribution in [0.15, 0.2) is 109 Å². The third kappa shape index (κ3) is 12.1. The predicted octanol–water partition coefficient (Wildman–Crippen LogP) is 11.1. The monoisotopic (exact) mass is 982 g/mol. The zero-order valence-corrected chi connectivity index (χ0v) is 43.0. The first kappa shape index (κ1) is 50.0. The second-order valence-corrected chi connectivity index (χ2v) is 28.8. The van der Waals surface area contributed by atoms with Crippen LogP contribution in [0, 0.1) is 22.7 Å². The summed E-state index contributed by atoms with van der Waals surface area (Å²) in [5, 5.41) is 5.69. The van der Waals surface area contributed by atoms with E-state index in [1.54, 1.807) is 11.1 Å². The zero-order chi connectivity index (χ0) is 42.9. The van der Waals surface area contributed by atoms with Gasteiger partial charge in [0, 0.05) is 0 Å². The summed E-state index contributed by atoms with van der Waals surface area (Å²) in [5.74, 6) is 3.25. The Labute approximate surface area is 403 Å². The maximum absolute atomic E-state index is 11.4. The third-order valence-corrected chi connectivity index (χ3v) is 18.0. The van der Waals surface area contributed by atoms with Crippen molar-refractivity contribution in [1.82, 2.24) is 0 Å². The van der Waals surface area contributed by atoms with Gasteiger partial charge < -0.3 is 24.8 Å². The second-order valence-electron chi connectivity index (χ2n) is 20.4. The normalized spacial score (nSPS) is 22.2. The van der Waals surface area contributed by atoms with Gasteiger partial charge >= 0.3 is 67.1 Å². The van der Waals surface area contributed by atoms with E-state index in [1.165, 1.54) is 155 Å². The molecule has 7 heteroatoms. The molecule has 4 aliphatic carbocycles. The molecule has 63 heavy (non-hydrogen) atoms. The molecular weight excluding hydrogens is 920 g/mol. The van der Waals surface area contributed by atoms with Gasteiger partial charge in [0.2, 0.25) is 0 Å². The van der Waals surface area contributed by atoms with E-state index in [2.05, 4.69) is 137 Å². The molecule has 0 spiro atoms. The van der Waals surface area contributed by atoms with Gasteiger partial charge in [0.25, 0.3) is 0 Å². The Morgan fingerprint density at radius 2 is 1.00 bits per heavy atom. The van der Waals surface area contributed by atoms with E-state index >= 15 is 0 Å². The fourth-order valence-electron chi connectivity index (χ4n) is 11.7. The van der Waals surface area contributed by atoms with Crippen molar-refractivity contribution in [2.45, 2.75) is 142 Å². The van der Waals surface area contributed by atoms with Crippen molar-refractivity contribution in [2.75, 3.05) is 0 Å². The number of benzene rings is 4. The molecule has 0 nitrogen and oxygen atoms in total. The number of halogens is 5. The van der Waals surface area contributed by atoms with Crippen LogP contribution < -0.4 is 24.8 Å². The molecule has 4 fully saturated rings. The molecular formula is C56H65Cl2F3SiZr-2. The molecule has 0 saturated heterocycles. The van der Waals surface area contributed by atoms with Crippen molar-refractivity contribution in [3.8, 4) is 22.3 Å². The van der Waals surface area contributed by atoms with Gasteiger partial charge in [-0.05, 0) is 134 Å². The maximum atomic E-state index is 11.4. The Morgan fingerprint density at radius 3 is 1.29 bits per heavy atom. The molecule has 0 N–H and O–H groups in total. The molecule has 0 radical (unpaired) electrons. The van der Waals surface area contributed by atoms with Crippen molar-refractivity contribution in [2.24, 2.45) is 22.7 Å². The van der Waals surface area contributed by atoms with Crippen molar-refractivity contribution >= 4 is 27.0 Å². The standard InChI is InChI=1S/2C26H29.C4H7F3Si.2ClH.Zr/c2*1-18(2)21-6-8-22(9-7-21)24-5-3-4-23-14-20(15-25(23)24)17-26-12-10-19(16-26)11-13-26;1-8-3-2-4(5,6)7;;;/h2*3-9,14-15,18-19H,10-13,16-17H2,1-2H3;2-3H2,1H3;2*1H;/q2*-1;;;;+2/p-2. The molecule has 0 heterocycles. The smallest absolute Gasteiger partial charge is 1.00 e. The van der Waals surface area contributed by atoms with E-state index in [1.807, 2.05) is 6.55 Å². The largest absolute Gasteiger partial charge is 1.00 e. The van der Waals surface area contributed by atoms with Gasteiger partial charge in [0.1, 0.15) is 0 Å². The molecule has 0 unspecified atom stereocenters. The van der Waals surface area contributed by atoms with Crippen LogP contribution in [0.3, 0.4) is 0 Å². The second kappa shape index (κ2) is 21.0. The summed E-state index contributed by atoms with van der Waals surface area (Å²) in [6.07, 6.45) is 12.8. The van der Waals surface area contributed by atoms with Crippen LogP contribution in [0.5, 0.6) is 0 Å². The third-order valence-electron chi connectivity index (χ3n) is 15.1. The number of hydrogen-bond acceptors (Lipinski definition) is 0. The quantitative estimate of drug-likeness (QED) is 0.0948. The summed E-state index contributed by atoms with van der Waals surface area (Å²) < 4.78 is 34.3. The minimum Gasteiger partial charge on any atom is -1.00 e. The fraction of sp³-hybridized carbons (Fsp3) is 0.464. The van der Waals surface area contributed by atoms with Crippen LogP contribution in [-0.2, 0) is 36.2 Å². The van der Waals surface area contributed by atoms with E-state index in [0.717, 1.165) is 11.8 Å². The van der Waals surface area contributed by atoms with Gasteiger partial charge in [-0.15, -0.1) is 69.1 Å². The first-order chi connectivity index (χ1) is 29.2. The van der Waals surface area contributed by atoms with Crippen LogP contribution in [0.1, 0.15) is 132 Å². The SMILES string of the molecule is CC(C)c1ccc(-c2cccc3[cH-]c(CC45CCC(CC4)C5)cc23)cc1.CC(C)c1ccc(-c2cccc3[cH-]c(CC45CCC(CC4)C5)cc23)cc1.C[Si](=[Zr+2])CCC(F)(F)F.[Cl-].[Cl-]. The summed E-state index contributed by atoms with van der Waals surface area (Å²) in [6, 6.07) is 42.2. The van der Waals surface area contributed by atoms with Gasteiger partial charge in [-0.25, -0.2) is 0 Å². The zero-order valence-electron chi connectivity index (χ0n) is 38.0. The number of rotatable bonds is 10. The Hall–Kier alpha value is -2.43. The van der Waals surface area contributed by atoms with E-state index in [9.17, 15) is 13.2 Å². The van der Waals surface area contributed by atoms with Gasteiger partial charge in [-0.1, -0.05) is 99.5 Å². The molecule has 10 rings (SSSR count).